The number of carbonyl (C=O) groups excluding carboxylic acids is 1. The molecule has 0 aromatic heterocycles. The molecule has 3 N–H and O–H groups in total. The van der Waals surface area contributed by atoms with Gasteiger partial charge in [-0.15, -0.1) is 0 Å². The maximum Gasteiger partial charge on any atom is 0.326 e. The molecule has 0 bridgehead atoms. The molecule has 2 atom stereocenters. The van der Waals surface area contributed by atoms with Gasteiger partial charge in [0.05, 0.1) is 0 Å². The van der Waals surface area contributed by atoms with Crippen LogP contribution in [0.5, 0.6) is 0 Å². The van der Waals surface area contributed by atoms with E-state index in [0.29, 0.717) is 0 Å². The van der Waals surface area contributed by atoms with Crippen molar-refractivity contribution in [3.05, 3.63) is 0 Å². The SMILES string of the molecule is CCNC(C)CC(=O)N[C@H](C(=O)O)C(C)(C)C. The lowest BCUT2D eigenvalue weighted by Crippen LogP contribution is -2.50. The van der Waals surface area contributed by atoms with E-state index in [1.54, 1.807) is 20.8 Å². The molecule has 17 heavy (non-hydrogen) atoms. The monoisotopic (exact) mass is 244 g/mol. The summed E-state index contributed by atoms with van der Waals surface area (Å²) in [6.45, 7) is 10.0. The van der Waals surface area contributed by atoms with Gasteiger partial charge in [0.25, 0.3) is 0 Å². The minimum Gasteiger partial charge on any atom is -0.480 e. The van der Waals surface area contributed by atoms with Crippen molar-refractivity contribution in [3.8, 4) is 0 Å². The van der Waals surface area contributed by atoms with Crippen molar-refractivity contribution in [2.24, 2.45) is 5.41 Å². The zero-order valence-corrected chi connectivity index (χ0v) is 11.3. The van der Waals surface area contributed by atoms with Crippen LogP contribution >= 0.6 is 0 Å². The molecule has 0 saturated heterocycles. The summed E-state index contributed by atoms with van der Waals surface area (Å²) in [4.78, 5) is 22.7. The van der Waals surface area contributed by atoms with Gasteiger partial charge in [0.15, 0.2) is 0 Å². The van der Waals surface area contributed by atoms with E-state index in [1.165, 1.54) is 0 Å². The highest BCUT2D eigenvalue weighted by Gasteiger charge is 2.32. The van der Waals surface area contributed by atoms with Gasteiger partial charge in [-0.2, -0.15) is 0 Å². The number of carbonyl (C=O) groups is 2. The fraction of sp³-hybridized carbons (Fsp3) is 0.833. The smallest absolute Gasteiger partial charge is 0.326 e. The first-order valence-electron chi connectivity index (χ1n) is 5.94. The van der Waals surface area contributed by atoms with Crippen molar-refractivity contribution < 1.29 is 14.7 Å². The summed E-state index contributed by atoms with van der Waals surface area (Å²) in [7, 11) is 0. The minimum absolute atomic E-state index is 0.0504. The molecule has 0 aromatic carbocycles. The van der Waals surface area contributed by atoms with E-state index in [1.807, 2.05) is 13.8 Å². The molecule has 0 fully saturated rings. The second-order valence-corrected chi connectivity index (χ2v) is 5.37. The molecule has 0 aliphatic carbocycles. The van der Waals surface area contributed by atoms with Crippen LogP contribution in [0.4, 0.5) is 0 Å². The quantitative estimate of drug-likeness (QED) is 0.651. The summed E-state index contributed by atoms with van der Waals surface area (Å²) in [6.07, 6.45) is 0.285. The van der Waals surface area contributed by atoms with Crippen LogP contribution in [0.3, 0.4) is 0 Å². The second kappa shape index (κ2) is 6.59. The topological polar surface area (TPSA) is 78.4 Å². The first-order chi connectivity index (χ1) is 7.68. The van der Waals surface area contributed by atoms with Crippen molar-refractivity contribution >= 4 is 11.9 Å². The van der Waals surface area contributed by atoms with E-state index in [9.17, 15) is 9.59 Å². The van der Waals surface area contributed by atoms with Gasteiger partial charge in [-0.05, 0) is 18.9 Å². The van der Waals surface area contributed by atoms with Crippen molar-refractivity contribution in [2.45, 2.75) is 53.1 Å². The lowest BCUT2D eigenvalue weighted by atomic mass is 9.86. The number of rotatable bonds is 6. The zero-order chi connectivity index (χ0) is 13.6. The summed E-state index contributed by atoms with van der Waals surface area (Å²) >= 11 is 0. The predicted molar refractivity (Wildman–Crippen MR) is 66.8 cm³/mol. The van der Waals surface area contributed by atoms with Gasteiger partial charge in [0, 0.05) is 12.5 Å². The second-order valence-electron chi connectivity index (χ2n) is 5.37. The molecule has 1 unspecified atom stereocenters. The first-order valence-corrected chi connectivity index (χ1v) is 5.94. The summed E-state index contributed by atoms with van der Waals surface area (Å²) in [6, 6.07) is -0.807. The molecule has 0 aromatic rings. The van der Waals surface area contributed by atoms with Gasteiger partial charge in [-0.3, -0.25) is 4.79 Å². The molecule has 0 aliphatic heterocycles. The molecule has 0 spiro atoms. The molecule has 0 saturated carbocycles. The van der Waals surface area contributed by atoms with Gasteiger partial charge >= 0.3 is 5.97 Å². The third-order valence-corrected chi connectivity index (χ3v) is 2.46. The zero-order valence-electron chi connectivity index (χ0n) is 11.3. The highest BCUT2D eigenvalue weighted by atomic mass is 16.4. The van der Waals surface area contributed by atoms with Crippen LogP contribution in [0, 0.1) is 5.41 Å². The molecule has 5 nitrogen and oxygen atoms in total. The Hall–Kier alpha value is -1.10. The average Bonchev–Trinajstić information content (AvgIpc) is 2.12. The fourth-order valence-electron chi connectivity index (χ4n) is 1.57. The van der Waals surface area contributed by atoms with Crippen LogP contribution in [-0.4, -0.2) is 35.6 Å². The molecule has 0 rings (SSSR count). The van der Waals surface area contributed by atoms with E-state index in [2.05, 4.69) is 10.6 Å². The van der Waals surface area contributed by atoms with E-state index < -0.39 is 17.4 Å². The van der Waals surface area contributed by atoms with E-state index in [4.69, 9.17) is 5.11 Å². The maximum absolute atomic E-state index is 11.7. The molecular weight excluding hydrogens is 220 g/mol. The first kappa shape index (κ1) is 15.9. The minimum atomic E-state index is -0.998. The van der Waals surface area contributed by atoms with E-state index in [0.717, 1.165) is 6.54 Å². The molecule has 5 heteroatoms. The number of carboxylic acid groups (broad SMARTS) is 1. The van der Waals surface area contributed by atoms with Crippen molar-refractivity contribution in [3.63, 3.8) is 0 Å². The Bertz CT molecular complexity index is 271. The number of amides is 1. The Morgan fingerprint density at radius 3 is 2.18 bits per heavy atom. The molecule has 0 radical (unpaired) electrons. The Kier molecular flexibility index (Phi) is 6.16. The molecular formula is C12H24N2O3. The highest BCUT2D eigenvalue weighted by molar-refractivity contribution is 5.84. The van der Waals surface area contributed by atoms with Crippen LogP contribution in [0.25, 0.3) is 0 Å². The number of aliphatic carboxylic acids is 1. The lowest BCUT2D eigenvalue weighted by molar-refractivity contribution is -0.145. The molecule has 1 amide bonds. The Labute approximate surface area is 103 Å². The van der Waals surface area contributed by atoms with Crippen LogP contribution < -0.4 is 10.6 Å². The van der Waals surface area contributed by atoms with Gasteiger partial charge in [0.1, 0.15) is 6.04 Å². The van der Waals surface area contributed by atoms with Crippen molar-refractivity contribution in [2.75, 3.05) is 6.54 Å². The summed E-state index contributed by atoms with van der Waals surface area (Å²) < 4.78 is 0. The van der Waals surface area contributed by atoms with Crippen LogP contribution in [0.2, 0.25) is 0 Å². The third-order valence-electron chi connectivity index (χ3n) is 2.46. The Morgan fingerprint density at radius 1 is 1.29 bits per heavy atom. The highest BCUT2D eigenvalue weighted by Crippen LogP contribution is 2.19. The normalized spacial score (nSPS) is 15.1. The molecule has 0 aliphatic rings. The van der Waals surface area contributed by atoms with Crippen LogP contribution in [0.1, 0.15) is 41.0 Å². The van der Waals surface area contributed by atoms with Gasteiger partial charge < -0.3 is 15.7 Å². The van der Waals surface area contributed by atoms with Crippen molar-refractivity contribution in [1.82, 2.24) is 10.6 Å². The van der Waals surface area contributed by atoms with Gasteiger partial charge in [-0.25, -0.2) is 4.79 Å². The number of hydrogen-bond donors (Lipinski definition) is 3. The summed E-state index contributed by atoms with van der Waals surface area (Å²) in [5.41, 5.74) is -0.497. The summed E-state index contributed by atoms with van der Waals surface area (Å²) in [5.74, 6) is -1.23. The number of nitrogens with one attached hydrogen (secondary N) is 2. The van der Waals surface area contributed by atoms with Gasteiger partial charge in [0.2, 0.25) is 5.91 Å². The third kappa shape index (κ3) is 6.26. The predicted octanol–water partition coefficient (Wildman–Crippen LogP) is 0.990. The van der Waals surface area contributed by atoms with E-state index in [-0.39, 0.29) is 18.4 Å². The Morgan fingerprint density at radius 2 is 1.82 bits per heavy atom. The molecule has 100 valence electrons. The van der Waals surface area contributed by atoms with Crippen LogP contribution in [-0.2, 0) is 9.59 Å². The fourth-order valence-corrected chi connectivity index (χ4v) is 1.57. The average molecular weight is 244 g/mol. The molecule has 0 heterocycles. The van der Waals surface area contributed by atoms with Gasteiger partial charge in [-0.1, -0.05) is 27.7 Å². The lowest BCUT2D eigenvalue weighted by Gasteiger charge is -2.28. The Balaban J connectivity index is 4.38. The largest absolute Gasteiger partial charge is 0.480 e. The summed E-state index contributed by atoms with van der Waals surface area (Å²) in [5, 5.41) is 14.7. The van der Waals surface area contributed by atoms with E-state index >= 15 is 0 Å². The van der Waals surface area contributed by atoms with Crippen LogP contribution in [0.15, 0.2) is 0 Å². The maximum atomic E-state index is 11.7. The number of hydrogen-bond acceptors (Lipinski definition) is 3. The van der Waals surface area contributed by atoms with Crippen molar-refractivity contribution in [1.29, 1.82) is 0 Å². The number of carboxylic acids is 1. The standard InChI is InChI=1S/C12H24N2O3/c1-6-13-8(2)7-9(15)14-10(11(16)17)12(3,4)5/h8,10,13H,6-7H2,1-5H3,(H,14,15)(H,16,17)/t8?,10-/m1/s1.